The van der Waals surface area contributed by atoms with Crippen LogP contribution < -0.4 is 5.32 Å². The third kappa shape index (κ3) is 2.66. The van der Waals surface area contributed by atoms with E-state index in [1.807, 2.05) is 31.2 Å². The molecular formula is C19H16BrClN2O3S. The van der Waals surface area contributed by atoms with Gasteiger partial charge in [0.1, 0.15) is 6.10 Å². The standard InChI is InChI=1S/C19H16BrClN2O3S/c1-7-15(8-2-4-9(21)5-3-8)22-19(27-7)23-17(24)12-10-6-11-13(12)18(25)26-16(11)14(10)20/h2-5,10-14,16H,6H2,1H3,(H,22,23,24)/t10-,11+,12+,13-,14+,16-/m0/s1. The second-order valence-electron chi connectivity index (χ2n) is 7.38. The number of fused-ring (bicyclic) bond motifs is 1. The molecule has 2 heterocycles. The highest BCUT2D eigenvalue weighted by atomic mass is 79.9. The van der Waals surface area contributed by atoms with Gasteiger partial charge in [0.05, 0.1) is 22.4 Å². The summed E-state index contributed by atoms with van der Waals surface area (Å²) in [5.41, 5.74) is 1.79. The molecule has 140 valence electrons. The number of anilines is 1. The number of nitrogens with zero attached hydrogens (tertiary/aromatic N) is 1. The van der Waals surface area contributed by atoms with Crippen LogP contribution in [0.15, 0.2) is 24.3 Å². The van der Waals surface area contributed by atoms with Gasteiger partial charge in [-0.1, -0.05) is 39.7 Å². The fraction of sp³-hybridized carbons (Fsp3) is 0.421. The Morgan fingerprint density at radius 3 is 2.81 bits per heavy atom. The molecular weight excluding hydrogens is 452 g/mol. The molecule has 1 N–H and O–H groups in total. The minimum atomic E-state index is -0.353. The SMILES string of the molecule is Cc1sc(NC(=O)[C@@H]2[C@@H]3C[C@H]4[C@H](OC(=O)[C@@H]42)[C@@H]3Br)nc1-c1ccc(Cl)cc1. The Labute approximate surface area is 173 Å². The number of carbonyl (C=O) groups is 2. The zero-order chi connectivity index (χ0) is 18.9. The van der Waals surface area contributed by atoms with E-state index in [1.165, 1.54) is 11.3 Å². The average Bonchev–Trinajstić information content (AvgIpc) is 3.33. The van der Waals surface area contributed by atoms with Crippen molar-refractivity contribution in [2.45, 2.75) is 24.3 Å². The molecule has 1 saturated heterocycles. The summed E-state index contributed by atoms with van der Waals surface area (Å²) in [5.74, 6) is -0.740. The number of aromatic nitrogens is 1. The molecule has 2 saturated carbocycles. The number of nitrogens with one attached hydrogen (secondary N) is 1. The largest absolute Gasteiger partial charge is 0.461 e. The van der Waals surface area contributed by atoms with Crippen LogP contribution in [-0.4, -0.2) is 27.8 Å². The van der Waals surface area contributed by atoms with Crippen LogP contribution >= 0.6 is 38.9 Å². The van der Waals surface area contributed by atoms with Gasteiger partial charge in [-0.05, 0) is 31.4 Å². The predicted molar refractivity (Wildman–Crippen MR) is 107 cm³/mol. The maximum Gasteiger partial charge on any atom is 0.310 e. The number of benzene rings is 1. The van der Waals surface area contributed by atoms with Gasteiger partial charge < -0.3 is 10.1 Å². The van der Waals surface area contributed by atoms with E-state index < -0.39 is 0 Å². The topological polar surface area (TPSA) is 68.3 Å². The quantitative estimate of drug-likeness (QED) is 0.540. The molecule has 1 amide bonds. The van der Waals surface area contributed by atoms with E-state index >= 15 is 0 Å². The van der Waals surface area contributed by atoms with Crippen LogP contribution in [0.25, 0.3) is 11.3 Å². The van der Waals surface area contributed by atoms with Crippen LogP contribution in [0, 0.1) is 30.6 Å². The molecule has 8 heteroatoms. The molecule has 0 unspecified atom stereocenters. The Bertz CT molecular complexity index is 947. The van der Waals surface area contributed by atoms with Gasteiger partial charge in [-0.2, -0.15) is 0 Å². The monoisotopic (exact) mass is 466 g/mol. The van der Waals surface area contributed by atoms with Crippen LogP contribution in [0.2, 0.25) is 5.02 Å². The van der Waals surface area contributed by atoms with Crippen molar-refractivity contribution in [2.75, 3.05) is 5.32 Å². The van der Waals surface area contributed by atoms with E-state index in [1.54, 1.807) is 0 Å². The molecule has 3 aliphatic rings. The molecule has 0 spiro atoms. The number of esters is 1. The van der Waals surface area contributed by atoms with Crippen LogP contribution in [0.4, 0.5) is 5.13 Å². The number of ether oxygens (including phenoxy) is 1. The fourth-order valence-electron chi connectivity index (χ4n) is 4.84. The Morgan fingerprint density at radius 1 is 1.33 bits per heavy atom. The van der Waals surface area contributed by atoms with Gasteiger partial charge in [-0.25, -0.2) is 4.98 Å². The first-order chi connectivity index (χ1) is 12.9. The smallest absolute Gasteiger partial charge is 0.310 e. The number of alkyl halides is 1. The van der Waals surface area contributed by atoms with Crippen LogP contribution in [-0.2, 0) is 14.3 Å². The van der Waals surface area contributed by atoms with E-state index in [9.17, 15) is 9.59 Å². The Hall–Kier alpha value is -1.44. The van der Waals surface area contributed by atoms with E-state index in [2.05, 4.69) is 26.2 Å². The van der Waals surface area contributed by atoms with Crippen molar-refractivity contribution in [1.29, 1.82) is 0 Å². The molecule has 3 fully saturated rings. The molecule has 1 aromatic heterocycles. The molecule has 0 radical (unpaired) electrons. The first-order valence-corrected chi connectivity index (χ1v) is 10.9. The van der Waals surface area contributed by atoms with Crippen LogP contribution in [0.1, 0.15) is 11.3 Å². The molecule has 5 rings (SSSR count). The van der Waals surface area contributed by atoms with Gasteiger partial charge in [-0.15, -0.1) is 11.3 Å². The van der Waals surface area contributed by atoms with Crippen molar-refractivity contribution in [3.63, 3.8) is 0 Å². The molecule has 5 nitrogen and oxygen atoms in total. The zero-order valence-corrected chi connectivity index (χ0v) is 17.5. The normalized spacial score (nSPS) is 33.4. The first-order valence-electron chi connectivity index (χ1n) is 8.83. The third-order valence-electron chi connectivity index (χ3n) is 5.97. The summed E-state index contributed by atoms with van der Waals surface area (Å²) in [5, 5.41) is 4.17. The van der Waals surface area contributed by atoms with Gasteiger partial charge in [0.25, 0.3) is 0 Å². The van der Waals surface area contributed by atoms with Gasteiger partial charge in [0, 0.05) is 21.4 Å². The number of hydrogen-bond donors (Lipinski definition) is 1. The molecule has 27 heavy (non-hydrogen) atoms. The van der Waals surface area contributed by atoms with Gasteiger partial charge >= 0.3 is 5.97 Å². The van der Waals surface area contributed by atoms with Crippen molar-refractivity contribution < 1.29 is 14.3 Å². The van der Waals surface area contributed by atoms with E-state index in [0.29, 0.717) is 10.2 Å². The molecule has 2 aromatic rings. The number of thiazole rings is 1. The molecule has 1 aliphatic heterocycles. The molecule has 2 bridgehead atoms. The summed E-state index contributed by atoms with van der Waals surface area (Å²) in [6.45, 7) is 1.97. The molecule has 6 atom stereocenters. The number of halogens is 2. The second-order valence-corrected chi connectivity index (χ2v) is 10.1. The van der Waals surface area contributed by atoms with Gasteiger partial charge in [0.2, 0.25) is 5.91 Å². The van der Waals surface area contributed by atoms with E-state index in [-0.39, 0.29) is 46.5 Å². The summed E-state index contributed by atoms with van der Waals surface area (Å²) in [6.07, 6.45) is 0.789. The lowest BCUT2D eigenvalue weighted by Gasteiger charge is -2.27. The summed E-state index contributed by atoms with van der Waals surface area (Å²) in [4.78, 5) is 30.9. The van der Waals surface area contributed by atoms with Gasteiger partial charge in [0.15, 0.2) is 5.13 Å². The maximum absolute atomic E-state index is 13.0. The Balaban J connectivity index is 1.38. The number of rotatable bonds is 3. The van der Waals surface area contributed by atoms with Crippen molar-refractivity contribution in [3.8, 4) is 11.3 Å². The second kappa shape index (κ2) is 6.29. The third-order valence-corrected chi connectivity index (χ3v) is 8.31. The van der Waals surface area contributed by atoms with Gasteiger partial charge in [-0.3, -0.25) is 9.59 Å². The minimum absolute atomic E-state index is 0.0589. The van der Waals surface area contributed by atoms with Crippen LogP contribution in [0.3, 0.4) is 0 Å². The first kappa shape index (κ1) is 17.6. The van der Waals surface area contributed by atoms with E-state index in [4.69, 9.17) is 16.3 Å². The lowest BCUT2D eigenvalue weighted by molar-refractivity contribution is -0.145. The Morgan fingerprint density at radius 2 is 2.07 bits per heavy atom. The average molecular weight is 468 g/mol. The maximum atomic E-state index is 13.0. The summed E-state index contributed by atoms with van der Waals surface area (Å²) in [7, 11) is 0. The van der Waals surface area contributed by atoms with Crippen molar-refractivity contribution in [1.82, 2.24) is 4.98 Å². The van der Waals surface area contributed by atoms with Crippen molar-refractivity contribution in [3.05, 3.63) is 34.2 Å². The predicted octanol–water partition coefficient (Wildman–Crippen LogP) is 4.28. The highest BCUT2D eigenvalue weighted by Crippen LogP contribution is 2.60. The number of aryl methyl sites for hydroxylation is 1. The Kier molecular flexibility index (Phi) is 4.11. The highest BCUT2D eigenvalue weighted by molar-refractivity contribution is 9.09. The lowest BCUT2D eigenvalue weighted by Crippen LogP contribution is -2.40. The minimum Gasteiger partial charge on any atom is -0.461 e. The fourth-order valence-corrected chi connectivity index (χ4v) is 6.85. The van der Waals surface area contributed by atoms with Crippen LogP contribution in [0.5, 0.6) is 0 Å². The summed E-state index contributed by atoms with van der Waals surface area (Å²) >= 11 is 11.0. The lowest BCUT2D eigenvalue weighted by atomic mass is 9.79. The van der Waals surface area contributed by atoms with Crippen molar-refractivity contribution >= 4 is 55.9 Å². The zero-order valence-electron chi connectivity index (χ0n) is 14.3. The molecule has 2 aliphatic carbocycles. The van der Waals surface area contributed by atoms with Crippen molar-refractivity contribution in [2.24, 2.45) is 23.7 Å². The number of carbonyl (C=O) groups excluding carboxylic acids is 2. The highest BCUT2D eigenvalue weighted by Gasteiger charge is 2.67. The summed E-state index contributed by atoms with van der Waals surface area (Å²) in [6, 6.07) is 7.47. The number of amides is 1. The molecule has 1 aromatic carbocycles. The summed E-state index contributed by atoms with van der Waals surface area (Å²) < 4.78 is 5.48. The number of hydrogen-bond acceptors (Lipinski definition) is 5. The van der Waals surface area contributed by atoms with E-state index in [0.717, 1.165) is 22.6 Å².